The van der Waals surface area contributed by atoms with Crippen molar-refractivity contribution >= 4 is 22.0 Å². The Kier molecular flexibility index (Phi) is 7.51. The maximum absolute atomic E-state index is 11.8. The lowest BCUT2D eigenvalue weighted by molar-refractivity contribution is 0.238. The Balaban J connectivity index is 1.61. The first-order valence-corrected chi connectivity index (χ1v) is 9.64. The summed E-state index contributed by atoms with van der Waals surface area (Å²) < 4.78 is 6.71. The van der Waals surface area contributed by atoms with Crippen LogP contribution < -0.4 is 15.4 Å². The van der Waals surface area contributed by atoms with E-state index < -0.39 is 0 Å². The Morgan fingerprint density at radius 1 is 1.04 bits per heavy atom. The number of nitrogens with one attached hydrogen (secondary N) is 2. The molecule has 0 aliphatic rings. The van der Waals surface area contributed by atoms with Gasteiger partial charge in [0.1, 0.15) is 5.75 Å². The van der Waals surface area contributed by atoms with Crippen molar-refractivity contribution in [2.45, 2.75) is 39.2 Å². The fraction of sp³-hybridized carbons (Fsp3) is 0.381. The number of rotatable bonds is 7. The molecule has 2 rings (SSSR count). The van der Waals surface area contributed by atoms with Crippen LogP contribution in [0.5, 0.6) is 5.75 Å². The van der Waals surface area contributed by atoms with Gasteiger partial charge in [-0.25, -0.2) is 4.79 Å². The van der Waals surface area contributed by atoms with Crippen molar-refractivity contribution in [3.8, 4) is 5.75 Å². The highest BCUT2D eigenvalue weighted by Crippen LogP contribution is 2.24. The van der Waals surface area contributed by atoms with Crippen LogP contribution in [0.1, 0.15) is 38.3 Å². The molecule has 2 aromatic carbocycles. The summed E-state index contributed by atoms with van der Waals surface area (Å²) in [5, 5.41) is 5.69. The van der Waals surface area contributed by atoms with Crippen LogP contribution in [0.25, 0.3) is 0 Å². The summed E-state index contributed by atoms with van der Waals surface area (Å²) >= 11 is 3.47. The zero-order valence-electron chi connectivity index (χ0n) is 15.6. The van der Waals surface area contributed by atoms with Gasteiger partial charge in [0.05, 0.1) is 6.61 Å². The lowest BCUT2D eigenvalue weighted by atomic mass is 9.87. The fourth-order valence-electron chi connectivity index (χ4n) is 2.40. The van der Waals surface area contributed by atoms with Crippen molar-refractivity contribution in [3.05, 3.63) is 64.1 Å². The number of carbonyl (C=O) groups excluding carboxylic acids is 1. The molecular weight excluding hydrogens is 392 g/mol. The van der Waals surface area contributed by atoms with Crippen molar-refractivity contribution < 1.29 is 9.53 Å². The Hall–Kier alpha value is -2.01. The Labute approximate surface area is 164 Å². The smallest absolute Gasteiger partial charge is 0.315 e. The van der Waals surface area contributed by atoms with Gasteiger partial charge in [0.15, 0.2) is 0 Å². The average Bonchev–Trinajstić information content (AvgIpc) is 2.60. The van der Waals surface area contributed by atoms with E-state index >= 15 is 0 Å². The molecule has 0 spiro atoms. The van der Waals surface area contributed by atoms with Gasteiger partial charge in [-0.05, 0) is 41.2 Å². The van der Waals surface area contributed by atoms with Crippen molar-refractivity contribution in [2.75, 3.05) is 13.2 Å². The van der Waals surface area contributed by atoms with Crippen molar-refractivity contribution in [3.63, 3.8) is 0 Å². The number of urea groups is 1. The topological polar surface area (TPSA) is 50.4 Å². The zero-order chi connectivity index (χ0) is 19.0. The van der Waals surface area contributed by atoms with Gasteiger partial charge < -0.3 is 15.4 Å². The third kappa shape index (κ3) is 6.71. The zero-order valence-corrected chi connectivity index (χ0v) is 17.2. The lowest BCUT2D eigenvalue weighted by Gasteiger charge is -2.19. The van der Waals surface area contributed by atoms with Crippen LogP contribution in [-0.4, -0.2) is 19.2 Å². The van der Waals surface area contributed by atoms with E-state index in [0.29, 0.717) is 19.7 Å². The van der Waals surface area contributed by atoms with E-state index in [1.165, 1.54) is 5.56 Å². The Morgan fingerprint density at radius 3 is 2.38 bits per heavy atom. The first-order valence-electron chi connectivity index (χ1n) is 8.85. The van der Waals surface area contributed by atoms with Crippen LogP contribution in [0.4, 0.5) is 4.79 Å². The quantitative estimate of drug-likeness (QED) is 0.620. The molecule has 4 nitrogen and oxygen atoms in total. The van der Waals surface area contributed by atoms with Gasteiger partial charge in [0.2, 0.25) is 0 Å². The highest BCUT2D eigenvalue weighted by atomic mass is 79.9. The first-order chi connectivity index (χ1) is 12.4. The molecule has 0 aliphatic heterocycles. The lowest BCUT2D eigenvalue weighted by Crippen LogP contribution is -2.36. The number of hydrogen-bond donors (Lipinski definition) is 2. The summed E-state index contributed by atoms with van der Waals surface area (Å²) in [6.45, 7) is 8.20. The monoisotopic (exact) mass is 418 g/mol. The van der Waals surface area contributed by atoms with Gasteiger partial charge in [-0.1, -0.05) is 67.0 Å². The molecule has 0 unspecified atom stereocenters. The molecule has 0 bridgehead atoms. The molecule has 0 saturated heterocycles. The van der Waals surface area contributed by atoms with E-state index in [-0.39, 0.29) is 11.4 Å². The molecule has 140 valence electrons. The fourth-order valence-corrected chi connectivity index (χ4v) is 2.82. The summed E-state index contributed by atoms with van der Waals surface area (Å²) in [4.78, 5) is 11.8. The molecule has 0 aromatic heterocycles. The third-order valence-corrected chi connectivity index (χ3v) is 4.77. The molecule has 26 heavy (non-hydrogen) atoms. The summed E-state index contributed by atoms with van der Waals surface area (Å²) in [5.41, 5.74) is 2.48. The van der Waals surface area contributed by atoms with Crippen LogP contribution >= 0.6 is 15.9 Å². The van der Waals surface area contributed by atoms with Crippen molar-refractivity contribution in [1.82, 2.24) is 10.6 Å². The van der Waals surface area contributed by atoms with Gasteiger partial charge >= 0.3 is 6.03 Å². The Bertz CT molecular complexity index is 709. The normalized spacial score (nSPS) is 11.1. The Morgan fingerprint density at radius 2 is 1.73 bits per heavy atom. The first kappa shape index (κ1) is 20.3. The number of benzene rings is 2. The van der Waals surface area contributed by atoms with Crippen LogP contribution in [0.15, 0.2) is 53.0 Å². The number of halogens is 1. The van der Waals surface area contributed by atoms with Crippen LogP contribution in [0.3, 0.4) is 0 Å². The van der Waals surface area contributed by atoms with E-state index in [1.54, 1.807) is 0 Å². The minimum absolute atomic E-state index is 0.144. The van der Waals surface area contributed by atoms with Crippen molar-refractivity contribution in [2.24, 2.45) is 0 Å². The number of carbonyl (C=O) groups is 1. The van der Waals surface area contributed by atoms with Crippen LogP contribution in [0.2, 0.25) is 0 Å². The SMILES string of the molecule is CC(C)(C)c1ccc(OCCCNC(=O)NCc2ccccc2Br)cc1. The summed E-state index contributed by atoms with van der Waals surface area (Å²) in [5.74, 6) is 0.858. The number of ether oxygens (including phenoxy) is 1. The van der Waals surface area contributed by atoms with E-state index in [2.05, 4.69) is 59.5 Å². The minimum Gasteiger partial charge on any atom is -0.494 e. The molecule has 0 radical (unpaired) electrons. The van der Waals surface area contributed by atoms with E-state index in [9.17, 15) is 4.79 Å². The molecule has 2 aromatic rings. The standard InChI is InChI=1S/C21H27BrN2O2/c1-21(2,3)17-9-11-18(12-10-17)26-14-6-13-23-20(25)24-15-16-7-4-5-8-19(16)22/h4-5,7-12H,6,13-15H2,1-3H3,(H2,23,24,25). The number of hydrogen-bond acceptors (Lipinski definition) is 2. The predicted octanol–water partition coefficient (Wildman–Crippen LogP) is 5.01. The van der Waals surface area contributed by atoms with E-state index in [4.69, 9.17) is 4.74 Å². The maximum Gasteiger partial charge on any atom is 0.315 e. The summed E-state index contributed by atoms with van der Waals surface area (Å²) in [6.07, 6.45) is 0.753. The van der Waals surface area contributed by atoms with Crippen LogP contribution in [0, 0.1) is 0 Å². The van der Waals surface area contributed by atoms with E-state index in [1.807, 2.05) is 36.4 Å². The second kappa shape index (κ2) is 9.62. The second-order valence-electron chi connectivity index (χ2n) is 7.18. The van der Waals surface area contributed by atoms with Crippen molar-refractivity contribution in [1.29, 1.82) is 0 Å². The highest BCUT2D eigenvalue weighted by molar-refractivity contribution is 9.10. The third-order valence-electron chi connectivity index (χ3n) is 3.99. The minimum atomic E-state index is -0.171. The van der Waals surface area contributed by atoms with Gasteiger partial charge in [0, 0.05) is 17.6 Å². The molecule has 0 saturated carbocycles. The summed E-state index contributed by atoms with van der Waals surface area (Å²) in [6, 6.07) is 15.9. The predicted molar refractivity (Wildman–Crippen MR) is 110 cm³/mol. The van der Waals surface area contributed by atoms with Gasteiger partial charge in [0.25, 0.3) is 0 Å². The largest absolute Gasteiger partial charge is 0.494 e. The molecule has 2 amide bonds. The molecule has 0 aliphatic carbocycles. The molecular formula is C21H27BrN2O2. The average molecular weight is 419 g/mol. The molecule has 2 N–H and O–H groups in total. The molecule has 0 heterocycles. The second-order valence-corrected chi connectivity index (χ2v) is 8.03. The molecule has 5 heteroatoms. The summed E-state index contributed by atoms with van der Waals surface area (Å²) in [7, 11) is 0. The molecule has 0 fully saturated rings. The number of amides is 2. The maximum atomic E-state index is 11.8. The highest BCUT2D eigenvalue weighted by Gasteiger charge is 2.12. The van der Waals surface area contributed by atoms with Gasteiger partial charge in [-0.15, -0.1) is 0 Å². The molecule has 0 atom stereocenters. The van der Waals surface area contributed by atoms with Crippen LogP contribution in [-0.2, 0) is 12.0 Å². The van der Waals surface area contributed by atoms with E-state index in [0.717, 1.165) is 22.2 Å². The van der Waals surface area contributed by atoms with Gasteiger partial charge in [-0.2, -0.15) is 0 Å². The van der Waals surface area contributed by atoms with Gasteiger partial charge in [-0.3, -0.25) is 0 Å².